The van der Waals surface area contributed by atoms with Crippen LogP contribution in [0.3, 0.4) is 0 Å². The van der Waals surface area contributed by atoms with E-state index in [9.17, 15) is 4.79 Å². The first kappa shape index (κ1) is 9.71. The van der Waals surface area contributed by atoms with Gasteiger partial charge in [-0.2, -0.15) is 0 Å². The minimum Gasteiger partial charge on any atom is -0.481 e. The third kappa shape index (κ3) is 1.69. The van der Waals surface area contributed by atoms with Gasteiger partial charge in [-0.05, 0) is 25.0 Å². The van der Waals surface area contributed by atoms with Gasteiger partial charge in [0.15, 0.2) is 0 Å². The molecule has 1 heterocycles. The number of hydrogen-bond acceptors (Lipinski definition) is 2. The summed E-state index contributed by atoms with van der Waals surface area (Å²) in [6.45, 7) is 3.58. The molecule has 0 aliphatic heterocycles. The largest absolute Gasteiger partial charge is 0.481 e. The molecule has 0 aliphatic rings. The van der Waals surface area contributed by atoms with Crippen molar-refractivity contribution in [2.45, 2.75) is 25.7 Å². The summed E-state index contributed by atoms with van der Waals surface area (Å²) in [5.74, 6) is -0.803. The number of nitrogens with zero attached hydrogens (tertiary/aromatic N) is 1. The molecule has 0 saturated heterocycles. The molecule has 1 aromatic rings. The van der Waals surface area contributed by atoms with E-state index >= 15 is 0 Å². The minimum atomic E-state index is -0.811. The van der Waals surface area contributed by atoms with Gasteiger partial charge in [-0.1, -0.05) is 13.0 Å². The Kier molecular flexibility index (Phi) is 2.66. The van der Waals surface area contributed by atoms with Crippen molar-refractivity contribution in [1.29, 1.82) is 0 Å². The highest BCUT2D eigenvalue weighted by Crippen LogP contribution is 2.26. The topological polar surface area (TPSA) is 50.2 Å². The van der Waals surface area contributed by atoms with Crippen LogP contribution in [0.1, 0.15) is 25.8 Å². The predicted octanol–water partition coefficient (Wildman–Crippen LogP) is 1.83. The molecule has 0 aliphatic carbocycles. The fourth-order valence-corrected chi connectivity index (χ4v) is 1.17. The number of aliphatic carboxylic acids is 1. The van der Waals surface area contributed by atoms with Crippen molar-refractivity contribution in [3.05, 3.63) is 30.1 Å². The molecule has 3 nitrogen and oxygen atoms in total. The summed E-state index contributed by atoms with van der Waals surface area (Å²) in [6.07, 6.45) is 3.81. The van der Waals surface area contributed by atoms with Crippen LogP contribution in [0.4, 0.5) is 0 Å². The molecule has 0 bridgehead atoms. The van der Waals surface area contributed by atoms with Crippen molar-refractivity contribution in [2.75, 3.05) is 0 Å². The van der Waals surface area contributed by atoms with Crippen LogP contribution in [0.15, 0.2) is 24.5 Å². The third-order valence-corrected chi connectivity index (χ3v) is 2.48. The lowest BCUT2D eigenvalue weighted by molar-refractivity contribution is -0.143. The van der Waals surface area contributed by atoms with Gasteiger partial charge in [-0.15, -0.1) is 0 Å². The lowest BCUT2D eigenvalue weighted by Crippen LogP contribution is -2.31. The van der Waals surface area contributed by atoms with Crippen LogP contribution in [0.5, 0.6) is 0 Å². The number of aromatic nitrogens is 1. The van der Waals surface area contributed by atoms with Crippen LogP contribution >= 0.6 is 0 Å². The second kappa shape index (κ2) is 3.56. The first-order valence-electron chi connectivity index (χ1n) is 4.25. The number of carboxylic acids is 1. The Morgan fingerprint density at radius 2 is 2.38 bits per heavy atom. The summed E-state index contributed by atoms with van der Waals surface area (Å²) >= 11 is 0. The van der Waals surface area contributed by atoms with E-state index in [4.69, 9.17) is 5.11 Å². The zero-order valence-electron chi connectivity index (χ0n) is 7.82. The molecule has 0 saturated carbocycles. The summed E-state index contributed by atoms with van der Waals surface area (Å²) in [7, 11) is 0. The maximum absolute atomic E-state index is 11.0. The van der Waals surface area contributed by atoms with Crippen molar-refractivity contribution in [1.82, 2.24) is 4.98 Å². The third-order valence-electron chi connectivity index (χ3n) is 2.48. The maximum atomic E-state index is 11.0. The van der Waals surface area contributed by atoms with Crippen LogP contribution in [-0.2, 0) is 10.2 Å². The molecule has 70 valence electrons. The second-order valence-corrected chi connectivity index (χ2v) is 3.23. The van der Waals surface area contributed by atoms with Gasteiger partial charge in [-0.3, -0.25) is 9.78 Å². The van der Waals surface area contributed by atoms with Crippen LogP contribution in [0, 0.1) is 0 Å². The Morgan fingerprint density at radius 3 is 2.77 bits per heavy atom. The lowest BCUT2D eigenvalue weighted by atomic mass is 9.81. The van der Waals surface area contributed by atoms with Gasteiger partial charge in [0.2, 0.25) is 0 Å². The maximum Gasteiger partial charge on any atom is 0.313 e. The van der Waals surface area contributed by atoms with Gasteiger partial charge in [-0.25, -0.2) is 0 Å². The average molecular weight is 179 g/mol. The smallest absolute Gasteiger partial charge is 0.313 e. The van der Waals surface area contributed by atoms with Crippen molar-refractivity contribution in [3.63, 3.8) is 0 Å². The normalized spacial score (nSPS) is 14.9. The number of hydrogen-bond donors (Lipinski definition) is 1. The van der Waals surface area contributed by atoms with E-state index in [1.54, 1.807) is 31.5 Å². The highest BCUT2D eigenvalue weighted by atomic mass is 16.4. The molecular weight excluding hydrogens is 166 g/mol. The summed E-state index contributed by atoms with van der Waals surface area (Å²) in [4.78, 5) is 14.9. The quantitative estimate of drug-likeness (QED) is 0.770. The van der Waals surface area contributed by atoms with Crippen molar-refractivity contribution in [2.24, 2.45) is 0 Å². The molecule has 13 heavy (non-hydrogen) atoms. The van der Waals surface area contributed by atoms with E-state index in [-0.39, 0.29) is 0 Å². The van der Waals surface area contributed by atoms with E-state index in [0.717, 1.165) is 5.56 Å². The van der Waals surface area contributed by atoms with E-state index in [1.807, 2.05) is 6.92 Å². The van der Waals surface area contributed by atoms with Crippen molar-refractivity contribution < 1.29 is 9.90 Å². The average Bonchev–Trinajstić information content (AvgIpc) is 2.17. The van der Waals surface area contributed by atoms with Gasteiger partial charge < -0.3 is 5.11 Å². The molecular formula is C10H13NO2. The van der Waals surface area contributed by atoms with Crippen LogP contribution in [0.25, 0.3) is 0 Å². The summed E-state index contributed by atoms with van der Waals surface area (Å²) in [5, 5.41) is 9.06. The Morgan fingerprint density at radius 1 is 1.69 bits per heavy atom. The number of carboxylic acid groups (broad SMARTS) is 1. The van der Waals surface area contributed by atoms with E-state index < -0.39 is 11.4 Å². The van der Waals surface area contributed by atoms with Gasteiger partial charge in [0, 0.05) is 12.4 Å². The lowest BCUT2D eigenvalue weighted by Gasteiger charge is -2.22. The van der Waals surface area contributed by atoms with E-state index in [2.05, 4.69) is 4.98 Å². The molecule has 0 radical (unpaired) electrons. The summed E-state index contributed by atoms with van der Waals surface area (Å²) in [6, 6.07) is 3.55. The Labute approximate surface area is 77.4 Å². The van der Waals surface area contributed by atoms with Crippen LogP contribution in [0.2, 0.25) is 0 Å². The zero-order chi connectivity index (χ0) is 9.90. The standard InChI is InChI=1S/C10H13NO2/c1-3-10(2,9(12)13)8-5-4-6-11-7-8/h4-7H,3H2,1-2H3,(H,12,13). The van der Waals surface area contributed by atoms with Gasteiger partial charge in [0.1, 0.15) is 0 Å². The number of rotatable bonds is 3. The monoisotopic (exact) mass is 179 g/mol. The highest BCUT2D eigenvalue weighted by molar-refractivity contribution is 5.80. The molecule has 0 aromatic carbocycles. The molecule has 1 atom stereocenters. The Hall–Kier alpha value is -1.38. The van der Waals surface area contributed by atoms with E-state index in [0.29, 0.717) is 6.42 Å². The minimum absolute atomic E-state index is 0.564. The molecule has 1 unspecified atom stereocenters. The van der Waals surface area contributed by atoms with Crippen molar-refractivity contribution >= 4 is 5.97 Å². The second-order valence-electron chi connectivity index (χ2n) is 3.23. The SMILES string of the molecule is CCC(C)(C(=O)O)c1cccnc1. The van der Waals surface area contributed by atoms with Crippen LogP contribution in [-0.4, -0.2) is 16.1 Å². The predicted molar refractivity (Wildman–Crippen MR) is 49.5 cm³/mol. The summed E-state index contributed by atoms with van der Waals surface area (Å²) in [5.41, 5.74) is -0.0566. The molecule has 0 fully saturated rings. The van der Waals surface area contributed by atoms with Gasteiger partial charge >= 0.3 is 5.97 Å². The number of pyridine rings is 1. The first-order chi connectivity index (χ1) is 6.11. The zero-order valence-corrected chi connectivity index (χ0v) is 7.82. The van der Waals surface area contributed by atoms with Crippen LogP contribution < -0.4 is 0 Å². The van der Waals surface area contributed by atoms with E-state index in [1.165, 1.54) is 0 Å². The fourth-order valence-electron chi connectivity index (χ4n) is 1.17. The number of carbonyl (C=O) groups is 1. The highest BCUT2D eigenvalue weighted by Gasteiger charge is 2.33. The molecule has 3 heteroatoms. The Bertz CT molecular complexity index is 297. The molecule has 0 spiro atoms. The summed E-state index contributed by atoms with van der Waals surface area (Å²) < 4.78 is 0. The first-order valence-corrected chi connectivity index (χ1v) is 4.25. The van der Waals surface area contributed by atoms with Gasteiger partial charge in [0.25, 0.3) is 0 Å². The van der Waals surface area contributed by atoms with Gasteiger partial charge in [0.05, 0.1) is 5.41 Å². The molecule has 1 N–H and O–H groups in total. The molecule has 1 aromatic heterocycles. The fraction of sp³-hybridized carbons (Fsp3) is 0.400. The molecule has 0 amide bonds. The molecule has 1 rings (SSSR count). The Balaban J connectivity index is 3.11. The van der Waals surface area contributed by atoms with Crippen molar-refractivity contribution in [3.8, 4) is 0 Å².